The Balaban J connectivity index is 2.16. The first-order valence-corrected chi connectivity index (χ1v) is 10.0. The van der Waals surface area contributed by atoms with Crippen molar-refractivity contribution in [2.45, 2.75) is 53.3 Å². The lowest BCUT2D eigenvalue weighted by atomic mass is 10.0. The van der Waals surface area contributed by atoms with Crippen molar-refractivity contribution in [2.24, 2.45) is 5.73 Å². The Morgan fingerprint density at radius 2 is 1.87 bits per heavy atom. The van der Waals surface area contributed by atoms with Crippen molar-refractivity contribution in [2.75, 3.05) is 17.2 Å². The third-order valence-electron chi connectivity index (χ3n) is 5.30. The first-order chi connectivity index (χ1) is 14.2. The van der Waals surface area contributed by atoms with Gasteiger partial charge in [-0.25, -0.2) is 14.8 Å². The second-order valence-corrected chi connectivity index (χ2v) is 7.98. The summed E-state index contributed by atoms with van der Waals surface area (Å²) in [5.74, 6) is 1.12. The molecule has 0 saturated heterocycles. The molecule has 3 rings (SSSR count). The monoisotopic (exact) mass is 410 g/mol. The van der Waals surface area contributed by atoms with Crippen LogP contribution in [0.5, 0.6) is 0 Å². The average Bonchev–Trinajstić information content (AvgIpc) is 3.03. The lowest BCUT2D eigenvalue weighted by Gasteiger charge is -2.38. The summed E-state index contributed by atoms with van der Waals surface area (Å²) in [5.41, 5.74) is 15.5. The van der Waals surface area contributed by atoms with E-state index in [1.54, 1.807) is 4.90 Å². The molecule has 2 heterocycles. The van der Waals surface area contributed by atoms with Crippen LogP contribution in [-0.4, -0.2) is 32.7 Å². The van der Waals surface area contributed by atoms with E-state index in [2.05, 4.69) is 9.55 Å². The first-order valence-electron chi connectivity index (χ1n) is 10.0. The highest BCUT2D eigenvalue weighted by Gasteiger charge is 2.33. The minimum absolute atomic E-state index is 0.334. The number of hydrogen-bond acceptors (Lipinski definition) is 5. The first kappa shape index (κ1) is 21.6. The minimum atomic E-state index is -0.653. The number of carbonyl (C=O) groups is 1. The Hall–Kier alpha value is -3.13. The minimum Gasteiger partial charge on any atom is -0.382 e. The quantitative estimate of drug-likeness (QED) is 0.619. The van der Waals surface area contributed by atoms with Crippen LogP contribution in [0.15, 0.2) is 30.3 Å². The van der Waals surface area contributed by atoms with E-state index in [9.17, 15) is 4.79 Å². The molecule has 8 nitrogen and oxygen atoms in total. The van der Waals surface area contributed by atoms with Gasteiger partial charge in [0.15, 0.2) is 5.82 Å². The van der Waals surface area contributed by atoms with E-state index < -0.39 is 11.6 Å². The highest BCUT2D eigenvalue weighted by atomic mass is 16.5. The molecule has 0 saturated carbocycles. The molecule has 8 heteroatoms. The molecule has 0 unspecified atom stereocenters. The van der Waals surface area contributed by atoms with Crippen LogP contribution < -0.4 is 16.4 Å². The zero-order valence-electron chi connectivity index (χ0n) is 18.3. The fourth-order valence-electron chi connectivity index (χ4n) is 3.83. The summed E-state index contributed by atoms with van der Waals surface area (Å²) in [4.78, 5) is 23.2. The van der Waals surface area contributed by atoms with Crippen LogP contribution in [0.25, 0.3) is 11.0 Å². The van der Waals surface area contributed by atoms with Crippen molar-refractivity contribution in [1.82, 2.24) is 14.5 Å². The maximum atomic E-state index is 12.4. The molecule has 0 radical (unpaired) electrons. The summed E-state index contributed by atoms with van der Waals surface area (Å²) < 4.78 is 7.73. The van der Waals surface area contributed by atoms with Crippen molar-refractivity contribution >= 4 is 28.6 Å². The number of aryl methyl sites for hydroxylation is 2. The number of rotatable bonds is 7. The summed E-state index contributed by atoms with van der Waals surface area (Å²) in [6, 6.07) is 8.90. The molecule has 30 heavy (non-hydrogen) atoms. The summed E-state index contributed by atoms with van der Waals surface area (Å²) in [7, 11) is 0. The molecule has 2 aromatic heterocycles. The second-order valence-electron chi connectivity index (χ2n) is 7.98. The zero-order chi connectivity index (χ0) is 22.1. The van der Waals surface area contributed by atoms with E-state index in [4.69, 9.17) is 21.2 Å². The van der Waals surface area contributed by atoms with Crippen molar-refractivity contribution in [3.05, 3.63) is 47.4 Å². The van der Waals surface area contributed by atoms with Crippen molar-refractivity contribution < 1.29 is 9.53 Å². The molecule has 0 spiro atoms. The molecule has 3 aromatic rings. The summed E-state index contributed by atoms with van der Waals surface area (Å²) in [6.45, 7) is 11.2. The van der Waals surface area contributed by atoms with E-state index in [-0.39, 0.29) is 0 Å². The molecule has 0 aliphatic carbocycles. The Morgan fingerprint density at radius 1 is 1.20 bits per heavy atom. The molecule has 0 aliphatic rings. The van der Waals surface area contributed by atoms with Crippen LogP contribution in [0.4, 0.5) is 16.3 Å². The molecule has 0 atom stereocenters. The number of aromatic nitrogens is 3. The van der Waals surface area contributed by atoms with Gasteiger partial charge in [0, 0.05) is 24.5 Å². The Bertz CT molecular complexity index is 1060. The van der Waals surface area contributed by atoms with Crippen LogP contribution in [0.3, 0.4) is 0 Å². The van der Waals surface area contributed by atoms with Crippen molar-refractivity contribution in [3.63, 3.8) is 0 Å². The average molecular weight is 411 g/mol. The van der Waals surface area contributed by atoms with Gasteiger partial charge >= 0.3 is 6.03 Å². The van der Waals surface area contributed by atoms with Gasteiger partial charge in [0.1, 0.15) is 17.9 Å². The number of fused-ring (bicyclic) bond motifs is 1. The van der Waals surface area contributed by atoms with Gasteiger partial charge in [0.05, 0.1) is 11.1 Å². The predicted molar refractivity (Wildman–Crippen MR) is 119 cm³/mol. The van der Waals surface area contributed by atoms with E-state index in [1.807, 2.05) is 65.0 Å². The number of ether oxygens (including phenoxy) is 1. The number of imidazole rings is 1. The Morgan fingerprint density at radius 3 is 2.47 bits per heavy atom. The SMILES string of the molecule is CCOCc1nc2c(N)nc(C)c(C)c2n1CC(C)(C)N(C(N)=O)c1ccccc1. The number of pyridine rings is 1. The standard InChI is InChI=1S/C22H30N6O2/c1-6-30-12-17-26-18-19(14(2)15(3)25-20(18)23)27(17)13-22(4,5)28(21(24)29)16-10-8-7-9-11-16/h7-11H,6,12-13H2,1-5H3,(H2,23,25)(H2,24,29). The predicted octanol–water partition coefficient (Wildman–Crippen LogP) is 3.53. The highest BCUT2D eigenvalue weighted by molar-refractivity contribution is 5.92. The number of anilines is 2. The molecular weight excluding hydrogens is 380 g/mol. The van der Waals surface area contributed by atoms with E-state index in [1.165, 1.54) is 0 Å². The molecule has 1 aromatic carbocycles. The second kappa shape index (κ2) is 8.31. The molecule has 0 aliphatic heterocycles. The molecule has 4 N–H and O–H groups in total. The lowest BCUT2D eigenvalue weighted by Crippen LogP contribution is -2.53. The fourth-order valence-corrected chi connectivity index (χ4v) is 3.83. The number of carbonyl (C=O) groups excluding carboxylic acids is 1. The number of nitrogens with zero attached hydrogens (tertiary/aromatic N) is 4. The number of para-hydroxylation sites is 1. The normalized spacial score (nSPS) is 11.8. The lowest BCUT2D eigenvalue weighted by molar-refractivity contribution is 0.125. The largest absolute Gasteiger partial charge is 0.382 e. The molecule has 160 valence electrons. The third-order valence-corrected chi connectivity index (χ3v) is 5.30. The van der Waals surface area contributed by atoms with Crippen LogP contribution in [0.1, 0.15) is 37.9 Å². The number of benzene rings is 1. The fraction of sp³-hybridized carbons (Fsp3) is 0.409. The summed E-state index contributed by atoms with van der Waals surface area (Å²) >= 11 is 0. The van der Waals surface area contributed by atoms with Crippen molar-refractivity contribution in [3.8, 4) is 0 Å². The molecule has 0 fully saturated rings. The van der Waals surface area contributed by atoms with E-state index in [0.717, 1.165) is 28.3 Å². The molecule has 2 amide bonds. The van der Waals surface area contributed by atoms with Crippen LogP contribution >= 0.6 is 0 Å². The molecular formula is C22H30N6O2. The van der Waals surface area contributed by atoms with Crippen molar-refractivity contribution in [1.29, 1.82) is 0 Å². The van der Waals surface area contributed by atoms with E-state index in [0.29, 0.717) is 31.1 Å². The third kappa shape index (κ3) is 3.95. The van der Waals surface area contributed by atoms with E-state index >= 15 is 0 Å². The number of nitrogen functional groups attached to an aromatic ring is 1. The maximum Gasteiger partial charge on any atom is 0.319 e. The van der Waals surface area contributed by atoms with Gasteiger partial charge < -0.3 is 20.8 Å². The van der Waals surface area contributed by atoms with Gasteiger partial charge in [-0.1, -0.05) is 18.2 Å². The highest BCUT2D eigenvalue weighted by Crippen LogP contribution is 2.31. The Labute approximate surface area is 176 Å². The van der Waals surface area contributed by atoms with Gasteiger partial charge in [-0.15, -0.1) is 0 Å². The molecule has 0 bridgehead atoms. The van der Waals surface area contributed by atoms with Gasteiger partial charge in [-0.2, -0.15) is 0 Å². The van der Waals surface area contributed by atoms with Gasteiger partial charge in [0.2, 0.25) is 0 Å². The number of urea groups is 1. The number of primary amides is 1. The number of hydrogen-bond donors (Lipinski definition) is 2. The topological polar surface area (TPSA) is 112 Å². The maximum absolute atomic E-state index is 12.4. The van der Waals surface area contributed by atoms with Crippen LogP contribution in [-0.2, 0) is 17.9 Å². The summed E-state index contributed by atoms with van der Waals surface area (Å²) in [5, 5.41) is 0. The number of nitrogens with two attached hydrogens (primary N) is 2. The zero-order valence-corrected chi connectivity index (χ0v) is 18.3. The van der Waals surface area contributed by atoms with Gasteiger partial charge in [-0.05, 0) is 52.3 Å². The van der Waals surface area contributed by atoms with Crippen LogP contribution in [0, 0.1) is 13.8 Å². The number of amides is 2. The summed E-state index contributed by atoms with van der Waals surface area (Å²) in [6.07, 6.45) is 0. The van der Waals surface area contributed by atoms with Crippen LogP contribution in [0.2, 0.25) is 0 Å². The smallest absolute Gasteiger partial charge is 0.319 e. The van der Waals surface area contributed by atoms with Gasteiger partial charge in [-0.3, -0.25) is 4.90 Å². The Kier molecular flexibility index (Phi) is 5.98. The van der Waals surface area contributed by atoms with Gasteiger partial charge in [0.25, 0.3) is 0 Å².